The van der Waals surface area contributed by atoms with Crippen molar-refractivity contribution in [3.63, 3.8) is 0 Å². The van der Waals surface area contributed by atoms with Crippen molar-refractivity contribution in [2.45, 2.75) is 11.3 Å². The van der Waals surface area contributed by atoms with E-state index in [9.17, 15) is 4.79 Å². The molecule has 4 N–H and O–H groups in total. The summed E-state index contributed by atoms with van der Waals surface area (Å²) in [4.78, 5) is 12.4. The molecule has 0 unspecified atom stereocenters. The third-order valence-electron chi connectivity index (χ3n) is 2.14. The smallest absolute Gasteiger partial charge is 0.221 e. The van der Waals surface area contributed by atoms with E-state index in [1.807, 2.05) is 6.26 Å². The topological polar surface area (TPSA) is 89.3 Å². The van der Waals surface area contributed by atoms with Crippen LogP contribution in [0, 0.1) is 0 Å². The van der Waals surface area contributed by atoms with Gasteiger partial charge in [0.1, 0.15) is 5.00 Å². The van der Waals surface area contributed by atoms with Gasteiger partial charge in [-0.2, -0.15) is 4.37 Å². The molecule has 1 heterocycles. The first-order valence-electron chi connectivity index (χ1n) is 5.47. The van der Waals surface area contributed by atoms with E-state index in [0.29, 0.717) is 31.9 Å². The second kappa shape index (κ2) is 8.17. The second-order valence-corrected chi connectivity index (χ2v) is 5.04. The van der Waals surface area contributed by atoms with Crippen molar-refractivity contribution in [3.8, 4) is 0 Å². The highest BCUT2D eigenvalue weighted by atomic mass is 32.2. The normalized spacial score (nSPS) is 10.3. The fourth-order valence-electron chi connectivity index (χ4n) is 1.27. The van der Waals surface area contributed by atoms with Gasteiger partial charge < -0.3 is 21.1 Å². The van der Waals surface area contributed by atoms with Gasteiger partial charge in [-0.1, -0.05) is 0 Å². The molecule has 6 nitrogen and oxygen atoms in total. The Morgan fingerprint density at radius 3 is 3.00 bits per heavy atom. The SMILES string of the molecule is COCCNC(=O)CCNc1snc(N)c1SC. The molecular weight excluding hydrogens is 272 g/mol. The average molecular weight is 290 g/mol. The minimum atomic E-state index is 0.00254. The van der Waals surface area contributed by atoms with E-state index in [4.69, 9.17) is 10.5 Å². The van der Waals surface area contributed by atoms with Crippen molar-refractivity contribution in [2.24, 2.45) is 0 Å². The summed E-state index contributed by atoms with van der Waals surface area (Å²) in [5, 5.41) is 6.85. The lowest BCUT2D eigenvalue weighted by Gasteiger charge is -2.06. The number of hydrogen-bond acceptors (Lipinski definition) is 7. The van der Waals surface area contributed by atoms with Crippen LogP contribution in [0.1, 0.15) is 6.42 Å². The summed E-state index contributed by atoms with van der Waals surface area (Å²) in [6.07, 6.45) is 2.36. The maximum atomic E-state index is 11.4. The highest BCUT2D eigenvalue weighted by Crippen LogP contribution is 2.34. The number of carbonyl (C=O) groups is 1. The summed E-state index contributed by atoms with van der Waals surface area (Å²) in [6.45, 7) is 1.63. The molecule has 0 aromatic carbocycles. The number of nitrogens with two attached hydrogens (primary N) is 1. The summed E-state index contributed by atoms with van der Waals surface area (Å²) < 4.78 is 8.91. The van der Waals surface area contributed by atoms with Gasteiger partial charge in [-0.05, 0) is 17.8 Å². The molecule has 0 bridgehead atoms. The average Bonchev–Trinajstić information content (AvgIpc) is 2.70. The lowest BCUT2D eigenvalue weighted by molar-refractivity contribution is -0.121. The maximum Gasteiger partial charge on any atom is 0.221 e. The molecule has 8 heteroatoms. The van der Waals surface area contributed by atoms with Gasteiger partial charge in [0.25, 0.3) is 0 Å². The van der Waals surface area contributed by atoms with Crippen LogP contribution in [-0.4, -0.2) is 43.3 Å². The number of hydrogen-bond donors (Lipinski definition) is 3. The molecule has 102 valence electrons. The number of carbonyl (C=O) groups excluding carboxylic acids is 1. The molecule has 0 atom stereocenters. The molecule has 0 saturated heterocycles. The van der Waals surface area contributed by atoms with Crippen molar-refractivity contribution in [1.82, 2.24) is 9.69 Å². The first-order chi connectivity index (χ1) is 8.69. The van der Waals surface area contributed by atoms with Crippen LogP contribution in [0.4, 0.5) is 10.8 Å². The molecule has 1 aromatic rings. The predicted octanol–water partition coefficient (Wildman–Crippen LogP) is 1.01. The Labute approximate surface area is 115 Å². The van der Waals surface area contributed by atoms with Crippen molar-refractivity contribution >= 4 is 40.0 Å². The van der Waals surface area contributed by atoms with Gasteiger partial charge in [-0.25, -0.2) is 0 Å². The van der Waals surface area contributed by atoms with Crippen molar-refractivity contribution < 1.29 is 9.53 Å². The van der Waals surface area contributed by atoms with Crippen molar-refractivity contribution in [2.75, 3.05) is 44.1 Å². The highest BCUT2D eigenvalue weighted by Gasteiger charge is 2.10. The third kappa shape index (κ3) is 4.71. The largest absolute Gasteiger partial charge is 0.383 e. The van der Waals surface area contributed by atoms with Gasteiger partial charge in [0.2, 0.25) is 5.91 Å². The fourth-order valence-corrected chi connectivity index (χ4v) is 2.84. The van der Waals surface area contributed by atoms with Crippen LogP contribution in [0.5, 0.6) is 0 Å². The minimum absolute atomic E-state index is 0.00254. The van der Waals surface area contributed by atoms with E-state index < -0.39 is 0 Å². The first-order valence-corrected chi connectivity index (χ1v) is 7.47. The minimum Gasteiger partial charge on any atom is -0.383 e. The molecule has 1 rings (SSSR count). The number of nitrogens with one attached hydrogen (secondary N) is 2. The number of nitrogen functional groups attached to an aromatic ring is 1. The molecule has 0 radical (unpaired) electrons. The van der Waals surface area contributed by atoms with E-state index in [1.54, 1.807) is 18.9 Å². The molecule has 0 aliphatic carbocycles. The zero-order valence-corrected chi connectivity index (χ0v) is 12.1. The van der Waals surface area contributed by atoms with E-state index in [0.717, 1.165) is 9.90 Å². The molecule has 1 aromatic heterocycles. The zero-order valence-electron chi connectivity index (χ0n) is 10.5. The summed E-state index contributed by atoms with van der Waals surface area (Å²) in [5.74, 6) is 0.544. The number of ether oxygens (including phenoxy) is 1. The van der Waals surface area contributed by atoms with Crippen LogP contribution in [0.25, 0.3) is 0 Å². The van der Waals surface area contributed by atoms with Crippen LogP contribution in [0.15, 0.2) is 4.90 Å². The van der Waals surface area contributed by atoms with E-state index >= 15 is 0 Å². The molecule has 0 aliphatic heterocycles. The van der Waals surface area contributed by atoms with Gasteiger partial charge in [-0.15, -0.1) is 11.8 Å². The molecular formula is C10H18N4O2S2. The van der Waals surface area contributed by atoms with Gasteiger partial charge >= 0.3 is 0 Å². The van der Waals surface area contributed by atoms with Crippen LogP contribution >= 0.6 is 23.3 Å². The van der Waals surface area contributed by atoms with Gasteiger partial charge in [0.15, 0.2) is 5.82 Å². The summed E-state index contributed by atoms with van der Waals surface area (Å²) in [5.41, 5.74) is 5.71. The van der Waals surface area contributed by atoms with Gasteiger partial charge in [0.05, 0.1) is 11.5 Å². The number of methoxy groups -OCH3 is 1. The summed E-state index contributed by atoms with van der Waals surface area (Å²) >= 11 is 2.86. The van der Waals surface area contributed by atoms with E-state index in [2.05, 4.69) is 15.0 Å². The van der Waals surface area contributed by atoms with Crippen molar-refractivity contribution in [1.29, 1.82) is 0 Å². The molecule has 1 amide bonds. The first kappa shape index (κ1) is 15.1. The quantitative estimate of drug-likeness (QED) is 0.489. The Morgan fingerprint density at radius 1 is 1.56 bits per heavy atom. The Morgan fingerprint density at radius 2 is 2.33 bits per heavy atom. The number of amides is 1. The highest BCUT2D eigenvalue weighted by molar-refractivity contribution is 7.99. The monoisotopic (exact) mass is 290 g/mol. The zero-order chi connectivity index (χ0) is 13.4. The van der Waals surface area contributed by atoms with E-state index in [-0.39, 0.29) is 5.91 Å². The Kier molecular flexibility index (Phi) is 6.84. The molecule has 0 saturated carbocycles. The van der Waals surface area contributed by atoms with Crippen molar-refractivity contribution in [3.05, 3.63) is 0 Å². The van der Waals surface area contributed by atoms with E-state index in [1.165, 1.54) is 11.5 Å². The standard InChI is InChI=1S/C10H18N4O2S2/c1-16-6-5-12-7(15)3-4-13-10-8(17-2)9(11)14-18-10/h13H,3-6H2,1-2H3,(H2,11,14)(H,12,15). The van der Waals surface area contributed by atoms with Crippen LogP contribution < -0.4 is 16.4 Å². The molecule has 18 heavy (non-hydrogen) atoms. The Hall–Kier alpha value is -0.990. The number of nitrogens with zero attached hydrogens (tertiary/aromatic N) is 1. The maximum absolute atomic E-state index is 11.4. The lowest BCUT2D eigenvalue weighted by Crippen LogP contribution is -2.28. The molecule has 0 spiro atoms. The predicted molar refractivity (Wildman–Crippen MR) is 76.3 cm³/mol. The number of rotatable bonds is 8. The van der Waals surface area contributed by atoms with Gasteiger partial charge in [0, 0.05) is 26.6 Å². The van der Waals surface area contributed by atoms with Crippen LogP contribution in [0.3, 0.4) is 0 Å². The van der Waals surface area contributed by atoms with Crippen LogP contribution in [0.2, 0.25) is 0 Å². The lowest BCUT2D eigenvalue weighted by atomic mass is 10.4. The van der Waals surface area contributed by atoms with Gasteiger partial charge in [-0.3, -0.25) is 4.79 Å². The third-order valence-corrected chi connectivity index (χ3v) is 3.91. The molecule has 0 fully saturated rings. The summed E-state index contributed by atoms with van der Waals surface area (Å²) in [7, 11) is 1.60. The number of thioether (sulfide) groups is 1. The second-order valence-electron chi connectivity index (χ2n) is 3.45. The number of anilines is 2. The Bertz CT molecular complexity index is 384. The fraction of sp³-hybridized carbons (Fsp3) is 0.600. The Balaban J connectivity index is 2.26. The summed E-state index contributed by atoms with van der Waals surface area (Å²) in [6, 6.07) is 0. The van der Waals surface area contributed by atoms with Crippen LogP contribution in [-0.2, 0) is 9.53 Å². The molecule has 0 aliphatic rings. The number of aromatic nitrogens is 1.